The van der Waals surface area contributed by atoms with Gasteiger partial charge in [0.2, 0.25) is 5.91 Å². The van der Waals surface area contributed by atoms with Crippen LogP contribution >= 0.6 is 11.6 Å². The third-order valence-corrected chi connectivity index (χ3v) is 2.99. The molecule has 2 rings (SSSR count). The molecule has 4 nitrogen and oxygen atoms in total. The van der Waals surface area contributed by atoms with Gasteiger partial charge in [0.15, 0.2) is 0 Å². The van der Waals surface area contributed by atoms with Gasteiger partial charge >= 0.3 is 0 Å². The largest absolute Gasteiger partial charge is 0.357 e. The predicted molar refractivity (Wildman–Crippen MR) is 65.8 cm³/mol. The molecule has 88 valence electrons. The normalized spacial score (nSPS) is 19.6. The van der Waals surface area contributed by atoms with Gasteiger partial charge in [-0.3, -0.25) is 4.79 Å². The summed E-state index contributed by atoms with van der Waals surface area (Å²) < 4.78 is 0. The maximum absolute atomic E-state index is 11.7. The lowest BCUT2D eigenvalue weighted by atomic mass is 10.1. The molecule has 1 fully saturated rings. The Morgan fingerprint density at radius 2 is 2.41 bits per heavy atom. The highest BCUT2D eigenvalue weighted by Crippen LogP contribution is 2.23. The number of hydrogen-bond acceptors (Lipinski definition) is 3. The van der Waals surface area contributed by atoms with Crippen molar-refractivity contribution < 1.29 is 4.79 Å². The van der Waals surface area contributed by atoms with Gasteiger partial charge in [-0.05, 0) is 18.2 Å². The van der Waals surface area contributed by atoms with Crippen LogP contribution in [0.1, 0.15) is 6.42 Å². The molecular weight excluding hydrogens is 238 g/mol. The lowest BCUT2D eigenvalue weighted by Crippen LogP contribution is -2.55. The molecule has 1 aliphatic rings. The number of piperazine rings is 1. The number of hydrogen-bond donors (Lipinski definition) is 1. The van der Waals surface area contributed by atoms with Crippen molar-refractivity contribution in [2.24, 2.45) is 0 Å². The van der Waals surface area contributed by atoms with E-state index in [1.807, 2.05) is 29.2 Å². The minimum Gasteiger partial charge on any atom is -0.357 e. The molecule has 0 saturated carbocycles. The maximum atomic E-state index is 11.7. The van der Waals surface area contributed by atoms with E-state index in [1.54, 1.807) is 6.07 Å². The first-order valence-electron chi connectivity index (χ1n) is 5.39. The molecule has 0 aromatic heterocycles. The molecule has 1 saturated heterocycles. The van der Waals surface area contributed by atoms with Gasteiger partial charge in [-0.2, -0.15) is 5.26 Å². The summed E-state index contributed by atoms with van der Waals surface area (Å²) in [6.45, 7) is 1.28. The smallest absolute Gasteiger partial charge is 0.243 e. The summed E-state index contributed by atoms with van der Waals surface area (Å²) >= 11 is 5.93. The van der Waals surface area contributed by atoms with Gasteiger partial charge in [0, 0.05) is 23.8 Å². The molecule has 1 atom stereocenters. The summed E-state index contributed by atoms with van der Waals surface area (Å²) in [7, 11) is 0. The Kier molecular flexibility index (Phi) is 3.50. The Hall–Kier alpha value is -1.73. The van der Waals surface area contributed by atoms with Crippen molar-refractivity contribution >= 4 is 23.2 Å². The molecule has 1 unspecified atom stereocenters. The van der Waals surface area contributed by atoms with Crippen LogP contribution in [0.25, 0.3) is 0 Å². The summed E-state index contributed by atoms with van der Waals surface area (Å²) in [5.41, 5.74) is 0.882. The molecule has 0 aliphatic carbocycles. The van der Waals surface area contributed by atoms with E-state index in [0.717, 1.165) is 5.69 Å². The molecule has 17 heavy (non-hydrogen) atoms. The van der Waals surface area contributed by atoms with Crippen LogP contribution < -0.4 is 10.2 Å². The number of halogens is 1. The number of benzene rings is 1. The summed E-state index contributed by atoms with van der Waals surface area (Å²) in [5.74, 6) is -0.0993. The second-order valence-electron chi connectivity index (χ2n) is 3.84. The number of carbonyl (C=O) groups is 1. The average molecular weight is 250 g/mol. The Balaban J connectivity index is 2.28. The number of rotatable bonds is 2. The minimum absolute atomic E-state index is 0.0993. The fraction of sp³-hybridized carbons (Fsp3) is 0.333. The van der Waals surface area contributed by atoms with E-state index in [0.29, 0.717) is 18.1 Å². The lowest BCUT2D eigenvalue weighted by molar-refractivity contribution is -0.123. The highest BCUT2D eigenvalue weighted by Gasteiger charge is 2.29. The molecule has 0 spiro atoms. The minimum atomic E-state index is -0.424. The van der Waals surface area contributed by atoms with Crippen molar-refractivity contribution in [2.45, 2.75) is 12.5 Å². The van der Waals surface area contributed by atoms with Gasteiger partial charge < -0.3 is 10.2 Å². The first-order valence-corrected chi connectivity index (χ1v) is 5.77. The highest BCUT2D eigenvalue weighted by molar-refractivity contribution is 6.30. The zero-order valence-electron chi connectivity index (χ0n) is 9.19. The van der Waals surface area contributed by atoms with Gasteiger partial charge in [-0.25, -0.2) is 0 Å². The Morgan fingerprint density at radius 1 is 1.59 bits per heavy atom. The fourth-order valence-electron chi connectivity index (χ4n) is 1.97. The first-order chi connectivity index (χ1) is 8.22. The molecule has 5 heteroatoms. The molecule has 1 aromatic carbocycles. The van der Waals surface area contributed by atoms with E-state index in [9.17, 15) is 4.79 Å². The van der Waals surface area contributed by atoms with Crippen LogP contribution in [0.15, 0.2) is 24.3 Å². The molecule has 1 N–H and O–H groups in total. The topological polar surface area (TPSA) is 56.1 Å². The summed E-state index contributed by atoms with van der Waals surface area (Å²) in [4.78, 5) is 13.6. The summed E-state index contributed by atoms with van der Waals surface area (Å²) in [5, 5.41) is 12.2. The Morgan fingerprint density at radius 3 is 3.12 bits per heavy atom. The predicted octanol–water partition coefficient (Wildman–Crippen LogP) is 1.56. The molecule has 1 amide bonds. The molecule has 1 aromatic rings. The van der Waals surface area contributed by atoms with Gasteiger partial charge in [0.05, 0.1) is 12.5 Å². The fourth-order valence-corrected chi connectivity index (χ4v) is 2.15. The quantitative estimate of drug-likeness (QED) is 0.865. The van der Waals surface area contributed by atoms with E-state index in [-0.39, 0.29) is 12.3 Å². The molecular formula is C12H12ClN3O. The third-order valence-electron chi connectivity index (χ3n) is 2.76. The standard InChI is InChI=1S/C12H12ClN3O/c13-9-2-1-3-10(8-9)16-7-6-15-12(17)11(16)4-5-14/h1-3,8,11H,4,6-7H2,(H,15,17). The van der Waals surface area contributed by atoms with E-state index < -0.39 is 6.04 Å². The number of carbonyl (C=O) groups excluding carboxylic acids is 1. The Labute approximate surface area is 105 Å². The molecule has 1 aliphatic heterocycles. The SMILES string of the molecule is N#CCC1C(=O)NCCN1c1cccc(Cl)c1. The van der Waals surface area contributed by atoms with Crippen molar-refractivity contribution in [2.75, 3.05) is 18.0 Å². The van der Waals surface area contributed by atoms with Crippen LogP contribution in [0.5, 0.6) is 0 Å². The summed E-state index contributed by atoms with van der Waals surface area (Å²) in [6, 6.07) is 8.96. The van der Waals surface area contributed by atoms with Crippen LogP contribution in [0.2, 0.25) is 5.02 Å². The van der Waals surface area contributed by atoms with Crippen LogP contribution in [0, 0.1) is 11.3 Å². The van der Waals surface area contributed by atoms with Crippen LogP contribution in [-0.4, -0.2) is 25.0 Å². The number of nitrogens with one attached hydrogen (secondary N) is 1. The van der Waals surface area contributed by atoms with E-state index in [2.05, 4.69) is 5.32 Å². The van der Waals surface area contributed by atoms with Gasteiger partial charge in [0.1, 0.15) is 6.04 Å². The van der Waals surface area contributed by atoms with Gasteiger partial charge in [-0.1, -0.05) is 17.7 Å². The molecule has 0 radical (unpaired) electrons. The van der Waals surface area contributed by atoms with E-state index in [1.165, 1.54) is 0 Å². The Bertz CT molecular complexity index is 469. The average Bonchev–Trinajstić information content (AvgIpc) is 2.32. The van der Waals surface area contributed by atoms with Crippen LogP contribution in [0.3, 0.4) is 0 Å². The van der Waals surface area contributed by atoms with Gasteiger partial charge in [0.25, 0.3) is 0 Å². The maximum Gasteiger partial charge on any atom is 0.243 e. The molecule has 1 heterocycles. The number of anilines is 1. The van der Waals surface area contributed by atoms with Crippen LogP contribution in [0.4, 0.5) is 5.69 Å². The summed E-state index contributed by atoms with van der Waals surface area (Å²) in [6.07, 6.45) is 0.179. The zero-order chi connectivity index (χ0) is 12.3. The van der Waals surface area contributed by atoms with Crippen molar-refractivity contribution in [3.8, 4) is 6.07 Å². The number of nitrogens with zero attached hydrogens (tertiary/aromatic N) is 2. The number of nitriles is 1. The van der Waals surface area contributed by atoms with Crippen molar-refractivity contribution in [1.82, 2.24) is 5.32 Å². The molecule has 0 bridgehead atoms. The second-order valence-corrected chi connectivity index (χ2v) is 4.28. The second kappa shape index (κ2) is 5.07. The van der Waals surface area contributed by atoms with Crippen LogP contribution in [-0.2, 0) is 4.79 Å². The highest BCUT2D eigenvalue weighted by atomic mass is 35.5. The van der Waals surface area contributed by atoms with Crippen molar-refractivity contribution in [1.29, 1.82) is 5.26 Å². The van der Waals surface area contributed by atoms with Crippen molar-refractivity contribution in [3.63, 3.8) is 0 Å². The van der Waals surface area contributed by atoms with E-state index >= 15 is 0 Å². The monoisotopic (exact) mass is 249 g/mol. The lowest BCUT2D eigenvalue weighted by Gasteiger charge is -2.35. The van der Waals surface area contributed by atoms with Gasteiger partial charge in [-0.15, -0.1) is 0 Å². The first kappa shape index (κ1) is 11.7. The number of amides is 1. The third kappa shape index (κ3) is 2.51. The zero-order valence-corrected chi connectivity index (χ0v) is 9.94. The van der Waals surface area contributed by atoms with Crippen molar-refractivity contribution in [3.05, 3.63) is 29.3 Å². The van der Waals surface area contributed by atoms with E-state index in [4.69, 9.17) is 16.9 Å².